The van der Waals surface area contributed by atoms with Gasteiger partial charge in [-0.05, 0) is 50.5 Å². The van der Waals surface area contributed by atoms with Gasteiger partial charge in [0.2, 0.25) is 11.9 Å². The molecule has 2 atom stereocenters. The molecule has 0 aliphatic carbocycles. The van der Waals surface area contributed by atoms with E-state index in [0.717, 1.165) is 35.5 Å². The van der Waals surface area contributed by atoms with Crippen LogP contribution in [0, 0.1) is 0 Å². The molecule has 2 amide bonds. The number of nitrogens with zero attached hydrogens (tertiary/aromatic N) is 5. The van der Waals surface area contributed by atoms with Crippen LogP contribution >= 0.6 is 0 Å². The van der Waals surface area contributed by atoms with E-state index in [-0.39, 0.29) is 24.0 Å². The van der Waals surface area contributed by atoms with Crippen LogP contribution in [0.25, 0.3) is 11.1 Å². The molecule has 9 nitrogen and oxygen atoms in total. The van der Waals surface area contributed by atoms with Gasteiger partial charge in [-0.1, -0.05) is 6.07 Å². The van der Waals surface area contributed by atoms with E-state index < -0.39 is 6.09 Å². The average molecular weight is 454 g/mol. The number of carbonyl (C=O) groups is 2. The Bertz CT molecular complexity index is 1020. The van der Waals surface area contributed by atoms with Crippen LogP contribution in [0.15, 0.2) is 30.6 Å². The topological polar surface area (TPSA) is 99.1 Å². The standard InChI is InChI=1S/C24H31N5O4/c1-15(2)28(24(31)32)22-11-16(3)29(17(4)30)21-6-5-18(12-20(21)22)19-13-25-23(26-14-19)27-7-9-33-10-8-27/h5-6,12-16,22H,7-11H2,1-4H3,(H,31,32). The normalized spacial score (nSPS) is 20.5. The van der Waals surface area contributed by atoms with E-state index in [1.165, 1.54) is 4.90 Å². The van der Waals surface area contributed by atoms with Gasteiger partial charge < -0.3 is 19.6 Å². The zero-order chi connectivity index (χ0) is 23.7. The number of amides is 2. The van der Waals surface area contributed by atoms with Gasteiger partial charge in [0.15, 0.2) is 0 Å². The van der Waals surface area contributed by atoms with Crippen molar-refractivity contribution in [2.45, 2.75) is 52.2 Å². The summed E-state index contributed by atoms with van der Waals surface area (Å²) in [7, 11) is 0. The SMILES string of the molecule is CC(=O)N1c2ccc(-c3cnc(N4CCOCC4)nc3)cc2C(N(C(=O)O)C(C)C)CC1C. The quantitative estimate of drug-likeness (QED) is 0.756. The van der Waals surface area contributed by atoms with Crippen LogP contribution in [-0.4, -0.2) is 70.4 Å². The lowest BCUT2D eigenvalue weighted by molar-refractivity contribution is -0.117. The maximum atomic E-state index is 12.4. The highest BCUT2D eigenvalue weighted by Crippen LogP contribution is 2.43. The highest BCUT2D eigenvalue weighted by atomic mass is 16.5. The Morgan fingerprint density at radius 3 is 2.39 bits per heavy atom. The van der Waals surface area contributed by atoms with Crippen LogP contribution in [0.2, 0.25) is 0 Å². The number of carbonyl (C=O) groups excluding carboxylic acids is 1. The number of anilines is 2. The molecule has 2 aliphatic rings. The van der Waals surface area contributed by atoms with E-state index in [4.69, 9.17) is 4.74 Å². The van der Waals surface area contributed by atoms with E-state index in [1.54, 1.807) is 24.2 Å². The van der Waals surface area contributed by atoms with Gasteiger partial charge in [0, 0.05) is 55.7 Å². The van der Waals surface area contributed by atoms with E-state index in [0.29, 0.717) is 25.6 Å². The second-order valence-corrected chi connectivity index (χ2v) is 8.92. The van der Waals surface area contributed by atoms with Crippen LogP contribution in [0.4, 0.5) is 16.4 Å². The van der Waals surface area contributed by atoms with Crippen LogP contribution in [0.5, 0.6) is 0 Å². The van der Waals surface area contributed by atoms with Gasteiger partial charge in [0.25, 0.3) is 0 Å². The number of benzene rings is 1. The summed E-state index contributed by atoms with van der Waals surface area (Å²) < 4.78 is 5.39. The lowest BCUT2D eigenvalue weighted by atomic mass is 9.88. The summed E-state index contributed by atoms with van der Waals surface area (Å²) in [4.78, 5) is 39.0. The molecule has 33 heavy (non-hydrogen) atoms. The number of carboxylic acid groups (broad SMARTS) is 1. The Balaban J connectivity index is 1.73. The molecule has 3 heterocycles. The Hall–Kier alpha value is -3.20. The third-order valence-electron chi connectivity index (χ3n) is 6.37. The van der Waals surface area contributed by atoms with Gasteiger partial charge in [-0.2, -0.15) is 0 Å². The molecule has 1 N–H and O–H groups in total. The predicted octanol–water partition coefficient (Wildman–Crippen LogP) is 3.55. The number of morpholine rings is 1. The van der Waals surface area contributed by atoms with Gasteiger partial charge in [-0.3, -0.25) is 9.69 Å². The lowest BCUT2D eigenvalue weighted by Gasteiger charge is -2.43. The zero-order valence-electron chi connectivity index (χ0n) is 19.6. The van der Waals surface area contributed by atoms with Crippen molar-refractivity contribution in [3.8, 4) is 11.1 Å². The highest BCUT2D eigenvalue weighted by molar-refractivity contribution is 5.94. The molecule has 2 unspecified atom stereocenters. The van der Waals surface area contributed by atoms with Gasteiger partial charge >= 0.3 is 6.09 Å². The molecule has 0 spiro atoms. The van der Waals surface area contributed by atoms with Crippen molar-refractivity contribution in [1.82, 2.24) is 14.9 Å². The molecule has 176 valence electrons. The van der Waals surface area contributed by atoms with Crippen LogP contribution < -0.4 is 9.80 Å². The Morgan fingerprint density at radius 1 is 1.15 bits per heavy atom. The Morgan fingerprint density at radius 2 is 1.82 bits per heavy atom. The summed E-state index contributed by atoms with van der Waals surface area (Å²) in [5.74, 6) is 0.617. The van der Waals surface area contributed by atoms with Crippen molar-refractivity contribution in [3.05, 3.63) is 36.2 Å². The average Bonchev–Trinajstić information content (AvgIpc) is 2.79. The minimum Gasteiger partial charge on any atom is -0.465 e. The number of fused-ring (bicyclic) bond motifs is 1. The van der Waals surface area contributed by atoms with Crippen LogP contribution in [0.3, 0.4) is 0 Å². The Labute approximate surface area is 194 Å². The van der Waals surface area contributed by atoms with Crippen LogP contribution in [-0.2, 0) is 9.53 Å². The molecule has 1 saturated heterocycles. The minimum absolute atomic E-state index is 0.0560. The molecule has 0 saturated carbocycles. The number of hydrogen-bond donors (Lipinski definition) is 1. The van der Waals surface area contributed by atoms with Crippen molar-refractivity contribution >= 4 is 23.6 Å². The largest absolute Gasteiger partial charge is 0.465 e. The summed E-state index contributed by atoms with van der Waals surface area (Å²) >= 11 is 0. The van der Waals surface area contributed by atoms with Gasteiger partial charge in [0.1, 0.15) is 0 Å². The maximum absolute atomic E-state index is 12.4. The summed E-state index contributed by atoms with van der Waals surface area (Å²) in [6.07, 6.45) is 3.15. The number of rotatable bonds is 4. The fourth-order valence-electron chi connectivity index (χ4n) is 4.87. The van der Waals surface area contributed by atoms with Gasteiger partial charge in [0.05, 0.1) is 19.3 Å². The minimum atomic E-state index is -0.965. The first-order valence-electron chi connectivity index (χ1n) is 11.4. The third kappa shape index (κ3) is 4.50. The maximum Gasteiger partial charge on any atom is 0.408 e. The molecular formula is C24H31N5O4. The van der Waals surface area contributed by atoms with Gasteiger partial charge in [-0.25, -0.2) is 14.8 Å². The number of ether oxygens (including phenoxy) is 1. The van der Waals surface area contributed by atoms with E-state index >= 15 is 0 Å². The second-order valence-electron chi connectivity index (χ2n) is 8.92. The fraction of sp³-hybridized carbons (Fsp3) is 0.500. The highest BCUT2D eigenvalue weighted by Gasteiger charge is 2.38. The summed E-state index contributed by atoms with van der Waals surface area (Å²) in [6.45, 7) is 10.1. The monoisotopic (exact) mass is 453 g/mol. The van der Waals surface area contributed by atoms with Crippen molar-refractivity contribution < 1.29 is 19.4 Å². The third-order valence-corrected chi connectivity index (χ3v) is 6.37. The van der Waals surface area contributed by atoms with Crippen molar-refractivity contribution in [1.29, 1.82) is 0 Å². The first kappa shape index (κ1) is 23.0. The van der Waals surface area contributed by atoms with Gasteiger partial charge in [-0.15, -0.1) is 0 Å². The molecule has 2 aliphatic heterocycles. The van der Waals surface area contributed by atoms with Crippen molar-refractivity contribution in [3.63, 3.8) is 0 Å². The van der Waals surface area contributed by atoms with E-state index in [9.17, 15) is 14.7 Å². The molecule has 9 heteroatoms. The molecule has 1 aromatic heterocycles. The predicted molar refractivity (Wildman–Crippen MR) is 125 cm³/mol. The first-order chi connectivity index (χ1) is 15.8. The molecule has 2 aromatic rings. The zero-order valence-corrected chi connectivity index (χ0v) is 19.6. The van der Waals surface area contributed by atoms with E-state index in [1.807, 2.05) is 39.0 Å². The summed E-state index contributed by atoms with van der Waals surface area (Å²) in [6, 6.07) is 5.17. The Kier molecular flexibility index (Phi) is 6.51. The van der Waals surface area contributed by atoms with Crippen molar-refractivity contribution in [2.75, 3.05) is 36.1 Å². The number of hydrogen-bond acceptors (Lipinski definition) is 6. The molecule has 1 aromatic carbocycles. The van der Waals surface area contributed by atoms with Crippen LogP contribution in [0.1, 0.15) is 45.7 Å². The first-order valence-corrected chi connectivity index (χ1v) is 11.4. The molecule has 0 bridgehead atoms. The summed E-state index contributed by atoms with van der Waals surface area (Å²) in [5, 5.41) is 9.94. The molecular weight excluding hydrogens is 422 g/mol. The summed E-state index contributed by atoms with van der Waals surface area (Å²) in [5.41, 5.74) is 3.31. The van der Waals surface area contributed by atoms with E-state index in [2.05, 4.69) is 14.9 Å². The fourth-order valence-corrected chi connectivity index (χ4v) is 4.87. The number of aromatic nitrogens is 2. The molecule has 4 rings (SSSR count). The lowest BCUT2D eigenvalue weighted by Crippen LogP contribution is -2.48. The smallest absolute Gasteiger partial charge is 0.408 e. The molecule has 0 radical (unpaired) electrons. The second kappa shape index (κ2) is 9.35. The van der Waals surface area contributed by atoms with Crippen molar-refractivity contribution in [2.24, 2.45) is 0 Å². The molecule has 1 fully saturated rings.